The van der Waals surface area contributed by atoms with Gasteiger partial charge in [-0.2, -0.15) is 0 Å². The molecule has 4 nitrogen and oxygen atoms in total. The second kappa shape index (κ2) is 7.04. The van der Waals surface area contributed by atoms with Crippen molar-refractivity contribution in [3.63, 3.8) is 0 Å². The number of thiazole rings is 1. The molecule has 144 valence electrons. The molecule has 0 saturated heterocycles. The van der Waals surface area contributed by atoms with Gasteiger partial charge < -0.3 is 5.32 Å². The zero-order valence-corrected chi connectivity index (χ0v) is 16.6. The lowest BCUT2D eigenvalue weighted by atomic mass is 10.0. The molecule has 6 heteroatoms. The summed E-state index contributed by atoms with van der Waals surface area (Å²) in [6.45, 7) is 2.06. The van der Waals surface area contributed by atoms with Crippen molar-refractivity contribution in [2.24, 2.45) is 0 Å². The maximum Gasteiger partial charge on any atom is 0.260 e. The summed E-state index contributed by atoms with van der Waals surface area (Å²) >= 11 is 1.62. The van der Waals surface area contributed by atoms with Crippen molar-refractivity contribution in [1.29, 1.82) is 0 Å². The third-order valence-corrected chi connectivity index (χ3v) is 6.08. The van der Waals surface area contributed by atoms with E-state index < -0.39 is 11.7 Å². The largest absolute Gasteiger partial charge is 0.306 e. The van der Waals surface area contributed by atoms with Gasteiger partial charge >= 0.3 is 0 Å². The Morgan fingerprint density at radius 1 is 1.17 bits per heavy atom. The van der Waals surface area contributed by atoms with Crippen LogP contribution >= 0.6 is 11.3 Å². The monoisotopic (exact) mass is 403 g/mol. The molecule has 2 aromatic carbocycles. The van der Waals surface area contributed by atoms with Gasteiger partial charge in [0.15, 0.2) is 0 Å². The average molecular weight is 403 g/mol. The van der Waals surface area contributed by atoms with Crippen LogP contribution in [-0.4, -0.2) is 15.9 Å². The molecular weight excluding hydrogens is 385 g/mol. The van der Waals surface area contributed by atoms with E-state index >= 15 is 0 Å². The van der Waals surface area contributed by atoms with Crippen LogP contribution in [0.4, 0.5) is 10.2 Å². The van der Waals surface area contributed by atoms with Gasteiger partial charge in [-0.05, 0) is 72.7 Å². The fourth-order valence-corrected chi connectivity index (χ4v) is 4.39. The van der Waals surface area contributed by atoms with E-state index in [2.05, 4.69) is 34.3 Å². The first-order valence-electron chi connectivity index (χ1n) is 9.50. The standard InChI is InChI=1S/C23H18FN3OS/c1-13-9-20-19(26-12-29-20)10-17(13)15-7-8-21(25-11-15)27-23(28)22-16(14-5-6-14)3-2-4-18(22)24/h2-4,7-12,14H,5-6H2,1H3,(H,25,27,28). The number of nitrogens with one attached hydrogen (secondary N) is 1. The second-order valence-corrected chi connectivity index (χ2v) is 8.24. The average Bonchev–Trinajstić information content (AvgIpc) is 3.46. The Bertz CT molecular complexity index is 1230. The third kappa shape index (κ3) is 3.40. The van der Waals surface area contributed by atoms with Gasteiger partial charge in [-0.15, -0.1) is 11.3 Å². The Kier molecular flexibility index (Phi) is 4.36. The zero-order valence-electron chi connectivity index (χ0n) is 15.8. The van der Waals surface area contributed by atoms with Crippen molar-refractivity contribution in [3.05, 3.63) is 76.7 Å². The number of hydrogen-bond acceptors (Lipinski definition) is 4. The minimum atomic E-state index is -0.490. The number of rotatable bonds is 4. The van der Waals surface area contributed by atoms with E-state index in [0.717, 1.165) is 45.3 Å². The van der Waals surface area contributed by atoms with Crippen LogP contribution in [0.15, 0.2) is 54.2 Å². The van der Waals surface area contributed by atoms with Crippen LogP contribution in [0.1, 0.15) is 40.2 Å². The molecule has 0 bridgehead atoms. The van der Waals surface area contributed by atoms with Crippen LogP contribution in [-0.2, 0) is 0 Å². The number of carbonyl (C=O) groups excluding carboxylic acids is 1. The van der Waals surface area contributed by atoms with Crippen molar-refractivity contribution >= 4 is 33.3 Å². The number of amides is 1. The highest BCUT2D eigenvalue weighted by Gasteiger charge is 2.29. The molecule has 1 saturated carbocycles. The summed E-state index contributed by atoms with van der Waals surface area (Å²) in [7, 11) is 0. The summed E-state index contributed by atoms with van der Waals surface area (Å²) in [5, 5.41) is 2.74. The predicted molar refractivity (Wildman–Crippen MR) is 114 cm³/mol. The first-order valence-corrected chi connectivity index (χ1v) is 10.4. The van der Waals surface area contributed by atoms with E-state index in [-0.39, 0.29) is 11.5 Å². The van der Waals surface area contributed by atoms with Crippen LogP contribution < -0.4 is 5.32 Å². The summed E-state index contributed by atoms with van der Waals surface area (Å²) in [5.74, 6) is -0.262. The van der Waals surface area contributed by atoms with E-state index in [9.17, 15) is 9.18 Å². The number of carbonyl (C=O) groups is 1. The molecule has 0 aliphatic heterocycles. The number of nitrogens with zero attached hydrogens (tertiary/aromatic N) is 2. The SMILES string of the molecule is Cc1cc2scnc2cc1-c1ccc(NC(=O)c2c(F)cccc2C2CC2)nc1. The van der Waals surface area contributed by atoms with Crippen LogP contribution in [0.5, 0.6) is 0 Å². The normalized spacial score (nSPS) is 13.6. The van der Waals surface area contributed by atoms with Crippen molar-refractivity contribution in [2.75, 3.05) is 5.32 Å². The summed E-state index contributed by atoms with van der Waals surface area (Å²) in [5.41, 5.74) is 6.85. The molecule has 1 amide bonds. The molecule has 1 N–H and O–H groups in total. The molecular formula is C23H18FN3OS. The Morgan fingerprint density at radius 3 is 2.79 bits per heavy atom. The van der Waals surface area contributed by atoms with Crippen molar-refractivity contribution in [3.8, 4) is 11.1 Å². The van der Waals surface area contributed by atoms with E-state index in [1.54, 1.807) is 29.7 Å². The number of benzene rings is 2. The quantitative estimate of drug-likeness (QED) is 0.459. The molecule has 0 atom stereocenters. The van der Waals surface area contributed by atoms with E-state index in [4.69, 9.17) is 0 Å². The maximum absolute atomic E-state index is 14.3. The van der Waals surface area contributed by atoms with Gasteiger partial charge in [0, 0.05) is 11.8 Å². The number of anilines is 1. The van der Waals surface area contributed by atoms with Crippen molar-refractivity contribution < 1.29 is 9.18 Å². The fraction of sp³-hybridized carbons (Fsp3) is 0.174. The third-order valence-electron chi connectivity index (χ3n) is 5.28. The summed E-state index contributed by atoms with van der Waals surface area (Å²) in [6.07, 6.45) is 3.72. The minimum Gasteiger partial charge on any atom is -0.306 e. The van der Waals surface area contributed by atoms with E-state index in [1.165, 1.54) is 6.07 Å². The highest BCUT2D eigenvalue weighted by Crippen LogP contribution is 2.42. The van der Waals surface area contributed by atoms with Crippen molar-refractivity contribution in [1.82, 2.24) is 9.97 Å². The highest BCUT2D eigenvalue weighted by molar-refractivity contribution is 7.16. The minimum absolute atomic E-state index is 0.130. The van der Waals surface area contributed by atoms with Crippen LogP contribution in [0.3, 0.4) is 0 Å². The molecule has 2 heterocycles. The fourth-order valence-electron chi connectivity index (χ4n) is 3.64. The van der Waals surface area contributed by atoms with Crippen LogP contribution in [0.25, 0.3) is 21.3 Å². The number of halogens is 1. The predicted octanol–water partition coefficient (Wildman–Crippen LogP) is 5.94. The van der Waals surface area contributed by atoms with Gasteiger partial charge in [-0.3, -0.25) is 4.79 Å². The first-order chi connectivity index (χ1) is 14.1. The van der Waals surface area contributed by atoms with Crippen LogP contribution in [0.2, 0.25) is 0 Å². The topological polar surface area (TPSA) is 54.9 Å². The molecule has 1 aliphatic rings. The van der Waals surface area contributed by atoms with Gasteiger partial charge in [-0.25, -0.2) is 14.4 Å². The number of hydrogen-bond donors (Lipinski definition) is 1. The highest BCUT2D eigenvalue weighted by atomic mass is 32.1. The van der Waals surface area contributed by atoms with Crippen LogP contribution in [0, 0.1) is 12.7 Å². The molecule has 0 unspecified atom stereocenters. The number of fused-ring (bicyclic) bond motifs is 1. The second-order valence-electron chi connectivity index (χ2n) is 7.35. The summed E-state index contributed by atoms with van der Waals surface area (Å²) in [6, 6.07) is 12.7. The molecule has 5 rings (SSSR count). The number of pyridine rings is 1. The van der Waals surface area contributed by atoms with Gasteiger partial charge in [0.05, 0.1) is 21.3 Å². The Labute approximate surface area is 171 Å². The lowest BCUT2D eigenvalue weighted by Gasteiger charge is -2.11. The summed E-state index contributed by atoms with van der Waals surface area (Å²) < 4.78 is 15.5. The number of aryl methyl sites for hydroxylation is 1. The Balaban J connectivity index is 1.41. The van der Waals surface area contributed by atoms with Gasteiger partial charge in [0.1, 0.15) is 11.6 Å². The summed E-state index contributed by atoms with van der Waals surface area (Å²) in [4.78, 5) is 21.5. The number of aromatic nitrogens is 2. The lowest BCUT2D eigenvalue weighted by Crippen LogP contribution is -2.16. The van der Waals surface area contributed by atoms with E-state index in [0.29, 0.717) is 5.82 Å². The maximum atomic E-state index is 14.3. The molecule has 2 aromatic heterocycles. The van der Waals surface area contributed by atoms with Crippen molar-refractivity contribution in [2.45, 2.75) is 25.7 Å². The molecule has 1 fully saturated rings. The van der Waals surface area contributed by atoms with E-state index in [1.807, 2.05) is 17.6 Å². The molecule has 1 aliphatic carbocycles. The molecule has 29 heavy (non-hydrogen) atoms. The molecule has 4 aromatic rings. The zero-order chi connectivity index (χ0) is 20.0. The lowest BCUT2D eigenvalue weighted by molar-refractivity contribution is 0.102. The van der Waals surface area contributed by atoms with Gasteiger partial charge in [0.2, 0.25) is 0 Å². The van der Waals surface area contributed by atoms with Gasteiger partial charge in [-0.1, -0.05) is 12.1 Å². The Morgan fingerprint density at radius 2 is 2.03 bits per heavy atom. The van der Waals surface area contributed by atoms with Gasteiger partial charge in [0.25, 0.3) is 5.91 Å². The first kappa shape index (κ1) is 17.9. The molecule has 0 radical (unpaired) electrons. The smallest absolute Gasteiger partial charge is 0.260 e. The molecule has 0 spiro atoms. The Hall–Kier alpha value is -3.12.